The summed E-state index contributed by atoms with van der Waals surface area (Å²) in [6.45, 7) is 3.22. The quantitative estimate of drug-likeness (QED) is 0.735. The zero-order chi connectivity index (χ0) is 17.8. The number of nitrogens with one attached hydrogen (secondary N) is 1. The second kappa shape index (κ2) is 8.45. The lowest BCUT2D eigenvalue weighted by atomic mass is 10.2. The monoisotopic (exact) mass is 389 g/mol. The minimum absolute atomic E-state index is 0.00753. The van der Waals surface area contributed by atoms with Gasteiger partial charge in [0, 0.05) is 42.9 Å². The van der Waals surface area contributed by atoms with Crippen molar-refractivity contribution in [3.05, 3.63) is 36.2 Å². The second-order valence-corrected chi connectivity index (χ2v) is 8.84. The van der Waals surface area contributed by atoms with Crippen LogP contribution in [0.25, 0.3) is 0 Å². The molecule has 1 saturated carbocycles. The topological polar surface area (TPSA) is 63.1 Å². The third-order valence-electron chi connectivity index (χ3n) is 4.53. The number of aromatic nitrogens is 3. The van der Waals surface area contributed by atoms with E-state index in [0.29, 0.717) is 11.8 Å². The smallest absolute Gasteiger partial charge is 0.234 e. The Labute approximate surface area is 162 Å². The Hall–Kier alpha value is -1.51. The number of anilines is 1. The Kier molecular flexibility index (Phi) is 5.81. The summed E-state index contributed by atoms with van der Waals surface area (Å²) in [5.41, 5.74) is 2.11. The molecule has 1 aromatic carbocycles. The maximum absolute atomic E-state index is 12.3. The van der Waals surface area contributed by atoms with E-state index in [4.69, 9.17) is 0 Å². The van der Waals surface area contributed by atoms with Crippen LogP contribution < -0.4 is 5.32 Å². The van der Waals surface area contributed by atoms with Gasteiger partial charge in [0.25, 0.3) is 0 Å². The summed E-state index contributed by atoms with van der Waals surface area (Å²) < 4.78 is 2.08. The molecular weight excluding hydrogens is 366 g/mol. The molecule has 1 aliphatic heterocycles. The molecule has 1 saturated heterocycles. The molecule has 0 bridgehead atoms. The molecule has 0 unspecified atom stereocenters. The zero-order valence-electron chi connectivity index (χ0n) is 14.6. The first-order valence-electron chi connectivity index (χ1n) is 8.99. The Morgan fingerprint density at radius 1 is 1.31 bits per heavy atom. The average Bonchev–Trinajstić information content (AvgIpc) is 3.39. The lowest BCUT2D eigenvalue weighted by Crippen LogP contribution is -2.31. The van der Waals surface area contributed by atoms with Crippen LogP contribution in [0.2, 0.25) is 0 Å². The second-order valence-electron chi connectivity index (χ2n) is 6.68. The highest BCUT2D eigenvalue weighted by molar-refractivity contribution is 7.99. The first kappa shape index (κ1) is 17.9. The van der Waals surface area contributed by atoms with Crippen molar-refractivity contribution in [3.8, 4) is 0 Å². The summed E-state index contributed by atoms with van der Waals surface area (Å²) in [5.74, 6) is 2.75. The molecule has 26 heavy (non-hydrogen) atoms. The Morgan fingerprint density at radius 2 is 2.15 bits per heavy atom. The summed E-state index contributed by atoms with van der Waals surface area (Å²) in [7, 11) is 0. The van der Waals surface area contributed by atoms with Crippen LogP contribution in [-0.4, -0.2) is 55.9 Å². The molecule has 1 aliphatic carbocycles. The van der Waals surface area contributed by atoms with Gasteiger partial charge in [0.15, 0.2) is 5.16 Å². The molecule has 2 aromatic rings. The lowest BCUT2D eigenvalue weighted by molar-refractivity contribution is -0.113. The lowest BCUT2D eigenvalue weighted by Gasteiger charge is -2.26. The summed E-state index contributed by atoms with van der Waals surface area (Å²) in [6.07, 6.45) is 4.13. The van der Waals surface area contributed by atoms with Gasteiger partial charge >= 0.3 is 0 Å². The van der Waals surface area contributed by atoms with E-state index in [1.54, 1.807) is 6.33 Å². The molecule has 2 heterocycles. The number of thioether (sulfide) groups is 2. The predicted octanol–water partition coefficient (Wildman–Crippen LogP) is 2.89. The SMILES string of the molecule is O=C(CSc1nncn1C1CC1)Nc1cccc(CN2CCSCC2)c1. The molecule has 6 nitrogen and oxygen atoms in total. The fourth-order valence-corrected chi connectivity index (χ4v) is 4.79. The van der Waals surface area contributed by atoms with E-state index >= 15 is 0 Å². The normalized spacial score (nSPS) is 18.0. The van der Waals surface area contributed by atoms with Crippen LogP contribution in [0.4, 0.5) is 5.69 Å². The molecule has 0 atom stereocenters. The summed E-state index contributed by atoms with van der Waals surface area (Å²) in [6, 6.07) is 8.70. The third-order valence-corrected chi connectivity index (χ3v) is 6.43. The van der Waals surface area contributed by atoms with Crippen LogP contribution >= 0.6 is 23.5 Å². The minimum atomic E-state index is -0.00753. The van der Waals surface area contributed by atoms with Gasteiger partial charge in [-0.25, -0.2) is 0 Å². The molecule has 138 valence electrons. The zero-order valence-corrected chi connectivity index (χ0v) is 16.3. The minimum Gasteiger partial charge on any atom is -0.325 e. The van der Waals surface area contributed by atoms with Crippen molar-refractivity contribution in [1.29, 1.82) is 0 Å². The number of hydrogen-bond acceptors (Lipinski definition) is 6. The van der Waals surface area contributed by atoms with E-state index in [-0.39, 0.29) is 5.91 Å². The Morgan fingerprint density at radius 3 is 2.96 bits per heavy atom. The van der Waals surface area contributed by atoms with Crippen LogP contribution in [0, 0.1) is 0 Å². The van der Waals surface area contributed by atoms with Crippen LogP contribution in [0.5, 0.6) is 0 Å². The maximum atomic E-state index is 12.3. The number of rotatable bonds is 7. The average molecular weight is 390 g/mol. The molecule has 2 aliphatic rings. The fraction of sp³-hybridized carbons (Fsp3) is 0.500. The third kappa shape index (κ3) is 4.81. The van der Waals surface area contributed by atoms with Crippen LogP contribution in [-0.2, 0) is 11.3 Å². The van der Waals surface area contributed by atoms with Gasteiger partial charge in [-0.3, -0.25) is 9.69 Å². The van der Waals surface area contributed by atoms with Crippen molar-refractivity contribution in [1.82, 2.24) is 19.7 Å². The van der Waals surface area contributed by atoms with Crippen molar-refractivity contribution in [2.45, 2.75) is 30.6 Å². The van der Waals surface area contributed by atoms with Gasteiger partial charge in [-0.1, -0.05) is 23.9 Å². The van der Waals surface area contributed by atoms with E-state index in [2.05, 4.69) is 37.1 Å². The highest BCUT2D eigenvalue weighted by Crippen LogP contribution is 2.37. The highest BCUT2D eigenvalue weighted by Gasteiger charge is 2.26. The molecular formula is C18H23N5OS2. The van der Waals surface area contributed by atoms with Gasteiger partial charge in [-0.15, -0.1) is 10.2 Å². The Bertz CT molecular complexity index is 756. The van der Waals surface area contributed by atoms with Gasteiger partial charge in [0.05, 0.1) is 5.75 Å². The van der Waals surface area contributed by atoms with Crippen LogP contribution in [0.15, 0.2) is 35.7 Å². The van der Waals surface area contributed by atoms with E-state index in [1.165, 1.54) is 41.7 Å². The van der Waals surface area contributed by atoms with E-state index in [1.807, 2.05) is 23.9 Å². The molecule has 0 spiro atoms. The van der Waals surface area contributed by atoms with Crippen LogP contribution in [0.1, 0.15) is 24.4 Å². The molecule has 2 fully saturated rings. The first-order chi connectivity index (χ1) is 12.8. The number of amides is 1. The van der Waals surface area contributed by atoms with E-state index in [9.17, 15) is 4.79 Å². The molecule has 1 N–H and O–H groups in total. The number of nitrogens with zero attached hydrogens (tertiary/aromatic N) is 4. The summed E-state index contributed by atoms with van der Waals surface area (Å²) >= 11 is 3.47. The standard InChI is InChI=1S/C18H23N5OS2/c24-17(12-26-18-21-19-13-23(18)16-4-5-16)20-15-3-1-2-14(10-15)11-22-6-8-25-9-7-22/h1-3,10,13,16H,4-9,11-12H2,(H,20,24). The molecule has 8 heteroatoms. The molecule has 1 aromatic heterocycles. The Balaban J connectivity index is 1.29. The fourth-order valence-electron chi connectivity index (χ4n) is 3.03. The molecule has 4 rings (SSSR count). The van der Waals surface area contributed by atoms with E-state index < -0.39 is 0 Å². The number of hydrogen-bond donors (Lipinski definition) is 1. The van der Waals surface area contributed by atoms with Gasteiger partial charge in [0.2, 0.25) is 5.91 Å². The predicted molar refractivity (Wildman–Crippen MR) is 107 cm³/mol. The van der Waals surface area contributed by atoms with Gasteiger partial charge < -0.3 is 9.88 Å². The van der Waals surface area contributed by atoms with Gasteiger partial charge in [-0.05, 0) is 30.5 Å². The van der Waals surface area contributed by atoms with Crippen molar-refractivity contribution in [3.63, 3.8) is 0 Å². The maximum Gasteiger partial charge on any atom is 0.234 e. The molecule has 1 amide bonds. The van der Waals surface area contributed by atoms with Crippen molar-refractivity contribution in [2.75, 3.05) is 35.7 Å². The highest BCUT2D eigenvalue weighted by atomic mass is 32.2. The van der Waals surface area contributed by atoms with Crippen molar-refractivity contribution >= 4 is 35.1 Å². The summed E-state index contributed by atoms with van der Waals surface area (Å²) in [5, 5.41) is 11.9. The number of benzene rings is 1. The first-order valence-corrected chi connectivity index (χ1v) is 11.1. The van der Waals surface area contributed by atoms with Crippen LogP contribution in [0.3, 0.4) is 0 Å². The number of carbonyl (C=O) groups excluding carboxylic acids is 1. The van der Waals surface area contributed by atoms with Gasteiger partial charge in [0.1, 0.15) is 6.33 Å². The van der Waals surface area contributed by atoms with Crippen molar-refractivity contribution in [2.24, 2.45) is 0 Å². The van der Waals surface area contributed by atoms with E-state index in [0.717, 1.165) is 30.5 Å². The van der Waals surface area contributed by atoms with Crippen molar-refractivity contribution < 1.29 is 4.79 Å². The summed E-state index contributed by atoms with van der Waals surface area (Å²) in [4.78, 5) is 14.8. The number of carbonyl (C=O) groups is 1. The largest absolute Gasteiger partial charge is 0.325 e. The van der Waals surface area contributed by atoms with Gasteiger partial charge in [-0.2, -0.15) is 11.8 Å². The molecule has 0 radical (unpaired) electrons.